The van der Waals surface area contributed by atoms with E-state index in [-0.39, 0.29) is 6.61 Å². The number of ether oxygens (including phenoxy) is 2. The zero-order valence-electron chi connectivity index (χ0n) is 16.0. The molecule has 1 heterocycles. The van der Waals surface area contributed by atoms with Crippen molar-refractivity contribution in [2.45, 2.75) is 82.0 Å². The highest BCUT2D eigenvalue weighted by Crippen LogP contribution is 2.35. The molecule has 7 atom stereocenters. The van der Waals surface area contributed by atoms with Gasteiger partial charge in [0.15, 0.2) is 6.17 Å². The second kappa shape index (κ2) is 11.0. The monoisotopic (exact) mass is 412 g/mol. The largest absolute Gasteiger partial charge is 0.461 e. The molecule has 0 radical (unpaired) electrons. The molecule has 0 saturated carbocycles. The Balaban J connectivity index is 3.00. The first-order valence-electron chi connectivity index (χ1n) is 9.27. The molecule has 1 aliphatic rings. The van der Waals surface area contributed by atoms with Crippen LogP contribution in [0, 0.1) is 0 Å². The van der Waals surface area contributed by atoms with E-state index in [0.29, 0.717) is 6.42 Å². The maximum atomic E-state index is 15.2. The number of unbranched alkanes of at least 4 members (excludes halogenated alkanes) is 3. The van der Waals surface area contributed by atoms with Gasteiger partial charge in [0.05, 0.1) is 25.3 Å². The minimum atomic E-state index is -3.64. The Morgan fingerprint density at radius 3 is 2.50 bits per heavy atom. The van der Waals surface area contributed by atoms with Crippen LogP contribution in [0.15, 0.2) is 0 Å². The van der Waals surface area contributed by atoms with Crippen LogP contribution in [0.2, 0.25) is 0 Å². The predicted octanol–water partition coefficient (Wildman–Crippen LogP) is -0.941. The van der Waals surface area contributed by atoms with Gasteiger partial charge in [0, 0.05) is 6.92 Å². The first-order chi connectivity index (χ1) is 13.1. The lowest BCUT2D eigenvalue weighted by Gasteiger charge is -2.46. The number of rotatable bonds is 10. The van der Waals surface area contributed by atoms with Crippen molar-refractivity contribution in [3.63, 3.8) is 0 Å². The van der Waals surface area contributed by atoms with Gasteiger partial charge in [0.1, 0.15) is 18.3 Å². The maximum Gasteiger partial charge on any atom is 0.375 e. The second-order valence-electron chi connectivity index (χ2n) is 6.87. The summed E-state index contributed by atoms with van der Waals surface area (Å²) < 4.78 is 39.4. The van der Waals surface area contributed by atoms with Crippen LogP contribution in [0.1, 0.15) is 39.5 Å². The number of carbonyl (C=O) groups excluding carboxylic acids is 2. The summed E-state index contributed by atoms with van der Waals surface area (Å²) in [4.78, 5) is 23.5. The van der Waals surface area contributed by atoms with E-state index in [4.69, 9.17) is 20.3 Å². The number of hydrogen-bond acceptors (Lipinski definition) is 8. The highest BCUT2D eigenvalue weighted by molar-refractivity contribution is 5.79. The third-order valence-electron chi connectivity index (χ3n) is 4.57. The lowest BCUT2D eigenvalue weighted by Crippen LogP contribution is -2.73. The highest BCUT2D eigenvalue weighted by Gasteiger charge is 2.62. The van der Waals surface area contributed by atoms with Crippen LogP contribution in [0.25, 0.3) is 0 Å². The van der Waals surface area contributed by atoms with Crippen molar-refractivity contribution in [1.29, 1.82) is 0 Å². The summed E-state index contributed by atoms with van der Waals surface area (Å²) in [5.74, 6) is -5.97. The van der Waals surface area contributed by atoms with Crippen LogP contribution in [0.3, 0.4) is 0 Å². The van der Waals surface area contributed by atoms with E-state index in [1.165, 1.54) is 0 Å². The van der Waals surface area contributed by atoms with Crippen LogP contribution >= 0.6 is 0 Å². The van der Waals surface area contributed by atoms with E-state index in [9.17, 15) is 24.2 Å². The van der Waals surface area contributed by atoms with E-state index >= 15 is 4.39 Å². The smallest absolute Gasteiger partial charge is 0.375 e. The Labute approximate surface area is 162 Å². The summed E-state index contributed by atoms with van der Waals surface area (Å²) in [6, 6.07) is -3.26. The molecule has 1 amide bonds. The van der Waals surface area contributed by atoms with Crippen LogP contribution in [-0.2, 0) is 19.1 Å². The van der Waals surface area contributed by atoms with Gasteiger partial charge in [-0.2, -0.15) is 4.39 Å². The fraction of sp³-hybridized carbons (Fsp3) is 0.882. The Morgan fingerprint density at radius 1 is 1.32 bits per heavy atom. The lowest BCUT2D eigenvalue weighted by atomic mass is 9.86. The van der Waals surface area contributed by atoms with Crippen molar-refractivity contribution in [3.05, 3.63) is 0 Å². The number of aliphatic hydroxyl groups is 3. The van der Waals surface area contributed by atoms with Crippen LogP contribution < -0.4 is 11.1 Å². The maximum absolute atomic E-state index is 15.2. The summed E-state index contributed by atoms with van der Waals surface area (Å²) in [6.07, 6.45) is -5.29. The van der Waals surface area contributed by atoms with Gasteiger partial charge in [-0.1, -0.05) is 26.2 Å². The topological polar surface area (TPSA) is 151 Å². The van der Waals surface area contributed by atoms with Crippen LogP contribution in [0.4, 0.5) is 8.78 Å². The third-order valence-corrected chi connectivity index (χ3v) is 4.57. The molecular formula is C17H30F2N2O7. The molecule has 1 aliphatic heterocycles. The molecule has 5 unspecified atom stereocenters. The Kier molecular flexibility index (Phi) is 9.64. The number of aliphatic hydroxyl groups excluding tert-OH is 3. The first kappa shape index (κ1) is 24.6. The molecule has 0 aliphatic carbocycles. The molecule has 1 rings (SSSR count). The number of halogens is 2. The number of hydrogen-bond donors (Lipinski definition) is 5. The SMILES string of the molecule is CCCCCCOC(=O)C1(F)OC([C@H](O)[C@H](O)CO)C(NC(C)=O)C(N)C1F. The van der Waals surface area contributed by atoms with Crippen LogP contribution in [0.5, 0.6) is 0 Å². The summed E-state index contributed by atoms with van der Waals surface area (Å²) in [7, 11) is 0. The minimum Gasteiger partial charge on any atom is -0.461 e. The number of nitrogens with two attached hydrogens (primary N) is 1. The van der Waals surface area contributed by atoms with Crippen molar-refractivity contribution in [2.24, 2.45) is 5.73 Å². The zero-order chi connectivity index (χ0) is 21.5. The second-order valence-corrected chi connectivity index (χ2v) is 6.87. The van der Waals surface area contributed by atoms with Gasteiger partial charge < -0.3 is 35.8 Å². The first-order valence-corrected chi connectivity index (χ1v) is 9.27. The Morgan fingerprint density at radius 2 is 1.96 bits per heavy atom. The predicted molar refractivity (Wildman–Crippen MR) is 93.4 cm³/mol. The molecule has 0 aromatic carbocycles. The van der Waals surface area contributed by atoms with E-state index in [0.717, 1.165) is 26.2 Å². The summed E-state index contributed by atoms with van der Waals surface area (Å²) in [6.45, 7) is 1.97. The number of esters is 1. The van der Waals surface area contributed by atoms with E-state index < -0.39 is 60.9 Å². The summed E-state index contributed by atoms with van der Waals surface area (Å²) >= 11 is 0. The van der Waals surface area contributed by atoms with Gasteiger partial charge in [-0.15, -0.1) is 0 Å². The molecule has 0 aromatic heterocycles. The Bertz CT molecular complexity index is 528. The highest BCUT2D eigenvalue weighted by atomic mass is 19.2. The molecule has 1 fully saturated rings. The number of amides is 1. The summed E-state index contributed by atoms with van der Waals surface area (Å²) in [5.41, 5.74) is 5.68. The third kappa shape index (κ3) is 5.80. The number of alkyl halides is 2. The molecular weight excluding hydrogens is 382 g/mol. The van der Waals surface area contributed by atoms with Gasteiger partial charge in [0.25, 0.3) is 0 Å². The van der Waals surface area contributed by atoms with Crippen molar-refractivity contribution >= 4 is 11.9 Å². The molecule has 0 spiro atoms. The average Bonchev–Trinajstić information content (AvgIpc) is 2.66. The number of carbonyl (C=O) groups is 2. The van der Waals surface area contributed by atoms with Gasteiger partial charge in [-0.25, -0.2) is 9.18 Å². The summed E-state index contributed by atoms with van der Waals surface area (Å²) in [5, 5.41) is 31.0. The van der Waals surface area contributed by atoms with E-state index in [1.807, 2.05) is 6.92 Å². The molecule has 28 heavy (non-hydrogen) atoms. The fourth-order valence-corrected chi connectivity index (χ4v) is 2.96. The van der Waals surface area contributed by atoms with E-state index in [2.05, 4.69) is 5.32 Å². The molecule has 0 aromatic rings. The van der Waals surface area contributed by atoms with Crippen molar-refractivity contribution < 1.29 is 43.2 Å². The van der Waals surface area contributed by atoms with Crippen molar-refractivity contribution in [3.8, 4) is 0 Å². The molecule has 1 saturated heterocycles. The van der Waals surface area contributed by atoms with Gasteiger partial charge in [0.2, 0.25) is 5.91 Å². The molecule has 164 valence electrons. The minimum absolute atomic E-state index is 0.155. The standard InChI is InChI=1S/C17H30F2N2O7/c1-3-4-5-6-7-27-16(26)17(19)15(18)11(20)12(21-9(2)23)14(28-17)13(25)10(24)8-22/h10-15,22,24-25H,3-8,20H2,1-2H3,(H,21,23)/t10-,11?,12?,13-,14?,15?,17?/m1/s1. The van der Waals surface area contributed by atoms with Crippen LogP contribution in [-0.4, -0.2) is 82.8 Å². The molecule has 0 bridgehead atoms. The molecule has 11 heteroatoms. The van der Waals surface area contributed by atoms with Crippen molar-refractivity contribution in [1.82, 2.24) is 5.32 Å². The zero-order valence-corrected chi connectivity index (χ0v) is 16.0. The normalized spacial score (nSPS) is 32.4. The average molecular weight is 412 g/mol. The quantitative estimate of drug-likeness (QED) is 0.228. The van der Waals surface area contributed by atoms with Gasteiger partial charge >= 0.3 is 11.8 Å². The Hall–Kier alpha value is -1.40. The number of nitrogens with one attached hydrogen (secondary N) is 1. The van der Waals surface area contributed by atoms with Gasteiger partial charge in [-0.05, 0) is 6.42 Å². The fourth-order valence-electron chi connectivity index (χ4n) is 2.96. The lowest BCUT2D eigenvalue weighted by molar-refractivity contribution is -0.278. The van der Waals surface area contributed by atoms with Gasteiger partial charge in [-0.3, -0.25) is 4.79 Å². The molecule has 6 N–H and O–H groups in total. The van der Waals surface area contributed by atoms with E-state index in [1.54, 1.807) is 0 Å². The van der Waals surface area contributed by atoms with Crippen molar-refractivity contribution in [2.75, 3.05) is 13.2 Å². The molecule has 9 nitrogen and oxygen atoms in total.